The van der Waals surface area contributed by atoms with Crippen LogP contribution in [0.1, 0.15) is 40.0 Å². The van der Waals surface area contributed by atoms with Crippen molar-refractivity contribution in [3.63, 3.8) is 0 Å². The summed E-state index contributed by atoms with van der Waals surface area (Å²) in [6, 6.07) is 2.25. The van der Waals surface area contributed by atoms with Gasteiger partial charge in [0.2, 0.25) is 0 Å². The lowest BCUT2D eigenvalue weighted by Gasteiger charge is -2.43. The lowest BCUT2D eigenvalue weighted by atomic mass is 9.95. The fourth-order valence-corrected chi connectivity index (χ4v) is 3.35. The molecule has 4 unspecified atom stereocenters. The average Bonchev–Trinajstić information content (AvgIpc) is 2.33. The zero-order valence-corrected chi connectivity index (χ0v) is 12.7. The van der Waals surface area contributed by atoms with E-state index in [1.165, 1.54) is 45.4 Å². The molecule has 0 aliphatic carbocycles. The molecule has 3 nitrogen and oxygen atoms in total. The third-order valence-electron chi connectivity index (χ3n) is 4.91. The van der Waals surface area contributed by atoms with Crippen LogP contribution in [0.4, 0.5) is 0 Å². The van der Waals surface area contributed by atoms with E-state index in [1.807, 2.05) is 0 Å². The van der Waals surface area contributed by atoms with E-state index < -0.39 is 0 Å². The number of nitrogens with zero attached hydrogens (tertiary/aromatic N) is 2. The lowest BCUT2D eigenvalue weighted by Crippen LogP contribution is -2.51. The fourth-order valence-electron chi connectivity index (χ4n) is 3.35. The van der Waals surface area contributed by atoms with Crippen LogP contribution in [-0.4, -0.2) is 61.2 Å². The molecule has 0 aromatic carbocycles. The quantitative estimate of drug-likeness (QED) is 0.768. The van der Waals surface area contributed by atoms with Crippen LogP contribution in [0.2, 0.25) is 0 Å². The molecule has 0 aromatic heterocycles. The largest absolute Gasteiger partial charge is 0.314 e. The van der Waals surface area contributed by atoms with Crippen LogP contribution in [0.15, 0.2) is 0 Å². The van der Waals surface area contributed by atoms with Gasteiger partial charge in [-0.2, -0.15) is 0 Å². The van der Waals surface area contributed by atoms with Gasteiger partial charge in [0, 0.05) is 24.7 Å². The molecule has 2 rings (SSSR count). The molecule has 0 aromatic rings. The van der Waals surface area contributed by atoms with Gasteiger partial charge in [-0.1, -0.05) is 6.92 Å². The second-order valence-corrected chi connectivity index (χ2v) is 6.71. The van der Waals surface area contributed by atoms with Crippen LogP contribution in [0.3, 0.4) is 0 Å². The summed E-state index contributed by atoms with van der Waals surface area (Å²) in [6.45, 7) is 12.1. The first-order valence-corrected chi connectivity index (χ1v) is 7.74. The van der Waals surface area contributed by atoms with Crippen LogP contribution in [0.5, 0.6) is 0 Å². The van der Waals surface area contributed by atoms with Crippen LogP contribution < -0.4 is 5.32 Å². The van der Waals surface area contributed by atoms with E-state index in [4.69, 9.17) is 0 Å². The Morgan fingerprint density at radius 2 is 1.83 bits per heavy atom. The van der Waals surface area contributed by atoms with E-state index in [-0.39, 0.29) is 0 Å². The fraction of sp³-hybridized carbons (Fsp3) is 1.00. The van der Waals surface area contributed by atoms with E-state index in [0.717, 1.165) is 18.0 Å². The van der Waals surface area contributed by atoms with Gasteiger partial charge in [-0.15, -0.1) is 0 Å². The Kier molecular flexibility index (Phi) is 5.05. The number of piperidine rings is 1. The van der Waals surface area contributed by atoms with E-state index in [1.54, 1.807) is 0 Å². The molecule has 3 heteroatoms. The van der Waals surface area contributed by atoms with Gasteiger partial charge < -0.3 is 10.2 Å². The maximum absolute atomic E-state index is 3.64. The van der Waals surface area contributed by atoms with Crippen molar-refractivity contribution in [2.45, 2.75) is 58.2 Å². The maximum atomic E-state index is 3.64. The summed E-state index contributed by atoms with van der Waals surface area (Å²) in [5.41, 5.74) is 0. The predicted octanol–water partition coefficient (Wildman–Crippen LogP) is 1.79. The Bertz CT molecular complexity index is 256. The molecule has 2 aliphatic heterocycles. The van der Waals surface area contributed by atoms with Crippen molar-refractivity contribution in [1.29, 1.82) is 0 Å². The van der Waals surface area contributed by atoms with Gasteiger partial charge in [0.25, 0.3) is 0 Å². The number of hydrogen-bond acceptors (Lipinski definition) is 3. The molecule has 106 valence electrons. The molecule has 0 bridgehead atoms. The standard InChI is InChI=1S/C15H31N3/c1-12-10-16-13(2)5-8-18(11-12)15-6-7-17(4)14(3)9-15/h12-16H,5-11H2,1-4H3. The van der Waals surface area contributed by atoms with Crippen molar-refractivity contribution in [3.05, 3.63) is 0 Å². The van der Waals surface area contributed by atoms with Crippen molar-refractivity contribution < 1.29 is 0 Å². The Morgan fingerprint density at radius 3 is 2.56 bits per heavy atom. The summed E-state index contributed by atoms with van der Waals surface area (Å²) in [4.78, 5) is 5.29. The highest BCUT2D eigenvalue weighted by Gasteiger charge is 2.29. The highest BCUT2D eigenvalue weighted by atomic mass is 15.2. The summed E-state index contributed by atoms with van der Waals surface area (Å²) in [6.07, 6.45) is 4.01. The summed E-state index contributed by atoms with van der Waals surface area (Å²) in [5.74, 6) is 0.780. The minimum Gasteiger partial charge on any atom is -0.314 e. The summed E-state index contributed by atoms with van der Waals surface area (Å²) >= 11 is 0. The van der Waals surface area contributed by atoms with Gasteiger partial charge in [-0.05, 0) is 65.7 Å². The Labute approximate surface area is 113 Å². The lowest BCUT2D eigenvalue weighted by molar-refractivity contribution is 0.0699. The molecule has 1 N–H and O–H groups in total. The monoisotopic (exact) mass is 253 g/mol. The molecule has 2 aliphatic rings. The molecule has 18 heavy (non-hydrogen) atoms. The summed E-state index contributed by atoms with van der Waals surface area (Å²) in [7, 11) is 2.27. The third-order valence-corrected chi connectivity index (χ3v) is 4.91. The van der Waals surface area contributed by atoms with Crippen LogP contribution >= 0.6 is 0 Å². The third kappa shape index (κ3) is 3.69. The molecule has 0 radical (unpaired) electrons. The van der Waals surface area contributed by atoms with Gasteiger partial charge in [0.1, 0.15) is 0 Å². The topological polar surface area (TPSA) is 18.5 Å². The van der Waals surface area contributed by atoms with Gasteiger partial charge in [0.05, 0.1) is 0 Å². The SMILES string of the molecule is CC1CNC(C)CCN(C2CCN(C)C(C)C2)C1. The van der Waals surface area contributed by atoms with Crippen molar-refractivity contribution >= 4 is 0 Å². The number of rotatable bonds is 1. The number of hydrogen-bond donors (Lipinski definition) is 1. The Balaban J connectivity index is 1.93. The van der Waals surface area contributed by atoms with Crippen molar-refractivity contribution in [2.75, 3.05) is 33.2 Å². The molecule has 4 atom stereocenters. The van der Waals surface area contributed by atoms with Crippen molar-refractivity contribution in [3.8, 4) is 0 Å². The molecular weight excluding hydrogens is 222 g/mol. The van der Waals surface area contributed by atoms with Gasteiger partial charge in [0.15, 0.2) is 0 Å². The van der Waals surface area contributed by atoms with Crippen LogP contribution in [0.25, 0.3) is 0 Å². The highest BCUT2D eigenvalue weighted by Crippen LogP contribution is 2.22. The summed E-state index contributed by atoms with van der Waals surface area (Å²) in [5, 5.41) is 3.64. The second-order valence-electron chi connectivity index (χ2n) is 6.71. The van der Waals surface area contributed by atoms with Crippen molar-refractivity contribution in [1.82, 2.24) is 15.1 Å². The second kappa shape index (κ2) is 6.36. The van der Waals surface area contributed by atoms with E-state index in [2.05, 4.69) is 42.9 Å². The summed E-state index contributed by atoms with van der Waals surface area (Å²) < 4.78 is 0. The molecule has 2 heterocycles. The minimum absolute atomic E-state index is 0.680. The normalized spacial score (nSPS) is 41.3. The zero-order chi connectivity index (χ0) is 13.1. The smallest absolute Gasteiger partial charge is 0.0122 e. The van der Waals surface area contributed by atoms with E-state index in [9.17, 15) is 0 Å². The van der Waals surface area contributed by atoms with Crippen molar-refractivity contribution in [2.24, 2.45) is 5.92 Å². The van der Waals surface area contributed by atoms with E-state index >= 15 is 0 Å². The van der Waals surface area contributed by atoms with Gasteiger partial charge in [-0.3, -0.25) is 4.90 Å². The number of nitrogens with one attached hydrogen (secondary N) is 1. The molecule has 0 amide bonds. The molecular formula is C15H31N3. The average molecular weight is 253 g/mol. The first kappa shape index (κ1) is 14.3. The van der Waals surface area contributed by atoms with Gasteiger partial charge in [-0.25, -0.2) is 0 Å². The molecule has 0 spiro atoms. The Hall–Kier alpha value is -0.120. The first-order valence-electron chi connectivity index (χ1n) is 7.74. The number of likely N-dealkylation sites (tertiary alicyclic amines) is 1. The molecule has 0 saturated carbocycles. The molecule has 2 saturated heterocycles. The first-order chi connectivity index (χ1) is 8.56. The van der Waals surface area contributed by atoms with E-state index in [0.29, 0.717) is 6.04 Å². The highest BCUT2D eigenvalue weighted by molar-refractivity contribution is 4.85. The van der Waals surface area contributed by atoms with Crippen LogP contribution in [-0.2, 0) is 0 Å². The maximum Gasteiger partial charge on any atom is 0.0122 e. The predicted molar refractivity (Wildman–Crippen MR) is 77.9 cm³/mol. The zero-order valence-electron chi connectivity index (χ0n) is 12.7. The Morgan fingerprint density at radius 1 is 1.06 bits per heavy atom. The van der Waals surface area contributed by atoms with Gasteiger partial charge >= 0.3 is 0 Å². The molecule has 2 fully saturated rings. The van der Waals surface area contributed by atoms with Crippen LogP contribution in [0, 0.1) is 5.92 Å². The minimum atomic E-state index is 0.680.